The first kappa shape index (κ1) is 16.8. The van der Waals surface area contributed by atoms with Crippen LogP contribution in [0.1, 0.15) is 17.0 Å². The Hall–Kier alpha value is -3.00. The highest BCUT2D eigenvalue weighted by Gasteiger charge is 2.12. The van der Waals surface area contributed by atoms with Gasteiger partial charge in [0.2, 0.25) is 5.91 Å². The maximum atomic E-state index is 12.2. The van der Waals surface area contributed by atoms with Gasteiger partial charge in [0.15, 0.2) is 0 Å². The standard InChI is InChI=1S/C17H16N4O3S/c1-12-11-16(18-17(22)9-8-15-3-2-10-25-15)20(19-12)13-4-6-14(7-5-13)21(23)24/h2-7,10-11H,8-9H2,1H3,(H,18,22). The number of nitro groups is 1. The molecular weight excluding hydrogens is 340 g/mol. The highest BCUT2D eigenvalue weighted by Crippen LogP contribution is 2.20. The zero-order chi connectivity index (χ0) is 17.8. The Balaban J connectivity index is 1.74. The van der Waals surface area contributed by atoms with E-state index in [-0.39, 0.29) is 11.6 Å². The predicted molar refractivity (Wildman–Crippen MR) is 96.2 cm³/mol. The number of anilines is 1. The maximum Gasteiger partial charge on any atom is 0.269 e. The molecule has 0 saturated heterocycles. The summed E-state index contributed by atoms with van der Waals surface area (Å²) in [5, 5.41) is 20.0. The van der Waals surface area contributed by atoms with Crippen molar-refractivity contribution in [1.82, 2.24) is 9.78 Å². The van der Waals surface area contributed by atoms with Crippen molar-refractivity contribution in [2.75, 3.05) is 5.32 Å². The van der Waals surface area contributed by atoms with Gasteiger partial charge in [0.1, 0.15) is 5.82 Å². The Morgan fingerprint density at radius 1 is 1.32 bits per heavy atom. The number of nitrogens with one attached hydrogen (secondary N) is 1. The Labute approximate surface area is 148 Å². The third-order valence-electron chi connectivity index (χ3n) is 3.58. The second kappa shape index (κ2) is 7.27. The lowest BCUT2D eigenvalue weighted by molar-refractivity contribution is -0.384. The molecular formula is C17H16N4O3S. The minimum absolute atomic E-state index is 0.00848. The van der Waals surface area contributed by atoms with E-state index in [1.807, 2.05) is 24.4 Å². The summed E-state index contributed by atoms with van der Waals surface area (Å²) in [6.07, 6.45) is 1.07. The molecule has 2 heterocycles. The van der Waals surface area contributed by atoms with Gasteiger partial charge in [-0.2, -0.15) is 5.10 Å². The number of nitrogens with zero attached hydrogens (tertiary/aromatic N) is 3. The molecule has 0 saturated carbocycles. The van der Waals surface area contributed by atoms with Crippen LogP contribution in [0.5, 0.6) is 0 Å². The molecule has 3 aromatic rings. The van der Waals surface area contributed by atoms with Crippen molar-refractivity contribution in [3.63, 3.8) is 0 Å². The van der Waals surface area contributed by atoms with E-state index in [0.29, 0.717) is 24.3 Å². The molecule has 0 aliphatic rings. The third-order valence-corrected chi connectivity index (χ3v) is 4.52. The van der Waals surface area contributed by atoms with Gasteiger partial charge in [-0.15, -0.1) is 11.3 Å². The van der Waals surface area contributed by atoms with Crippen LogP contribution in [0.2, 0.25) is 0 Å². The number of nitro benzene ring substituents is 1. The van der Waals surface area contributed by atoms with E-state index in [1.165, 1.54) is 12.1 Å². The van der Waals surface area contributed by atoms with Crippen LogP contribution >= 0.6 is 11.3 Å². The molecule has 2 aromatic heterocycles. The molecule has 8 heteroatoms. The average Bonchev–Trinajstić information content (AvgIpc) is 3.22. The zero-order valence-corrected chi connectivity index (χ0v) is 14.3. The molecule has 0 bridgehead atoms. The maximum absolute atomic E-state index is 12.2. The van der Waals surface area contributed by atoms with Crippen LogP contribution in [-0.2, 0) is 11.2 Å². The Morgan fingerprint density at radius 2 is 2.08 bits per heavy atom. The van der Waals surface area contributed by atoms with Gasteiger partial charge in [0, 0.05) is 29.5 Å². The number of benzene rings is 1. The Kier molecular flexibility index (Phi) is 4.90. The van der Waals surface area contributed by atoms with Crippen LogP contribution in [0, 0.1) is 17.0 Å². The Bertz CT molecular complexity index is 885. The molecule has 0 radical (unpaired) electrons. The monoisotopic (exact) mass is 356 g/mol. The minimum Gasteiger partial charge on any atom is -0.311 e. The summed E-state index contributed by atoms with van der Waals surface area (Å²) < 4.78 is 1.57. The van der Waals surface area contributed by atoms with Crippen LogP contribution in [0.15, 0.2) is 47.8 Å². The van der Waals surface area contributed by atoms with E-state index in [1.54, 1.807) is 34.2 Å². The molecule has 0 atom stereocenters. The summed E-state index contributed by atoms with van der Waals surface area (Å²) >= 11 is 1.63. The zero-order valence-electron chi connectivity index (χ0n) is 13.5. The van der Waals surface area contributed by atoms with Crippen molar-refractivity contribution >= 4 is 28.7 Å². The van der Waals surface area contributed by atoms with Gasteiger partial charge in [-0.1, -0.05) is 6.07 Å². The van der Waals surface area contributed by atoms with Crippen molar-refractivity contribution < 1.29 is 9.72 Å². The smallest absolute Gasteiger partial charge is 0.269 e. The van der Waals surface area contributed by atoms with Crippen molar-refractivity contribution in [3.8, 4) is 5.69 Å². The molecule has 0 fully saturated rings. The number of aryl methyl sites for hydroxylation is 2. The van der Waals surface area contributed by atoms with Crippen molar-refractivity contribution in [1.29, 1.82) is 0 Å². The molecule has 0 aliphatic carbocycles. The average molecular weight is 356 g/mol. The van der Waals surface area contributed by atoms with E-state index < -0.39 is 4.92 Å². The van der Waals surface area contributed by atoms with Gasteiger partial charge in [0.05, 0.1) is 16.3 Å². The lowest BCUT2D eigenvalue weighted by atomic mass is 10.2. The molecule has 25 heavy (non-hydrogen) atoms. The number of carbonyl (C=O) groups is 1. The number of non-ortho nitro benzene ring substituents is 1. The highest BCUT2D eigenvalue weighted by atomic mass is 32.1. The number of amides is 1. The van der Waals surface area contributed by atoms with Gasteiger partial charge in [-0.3, -0.25) is 14.9 Å². The summed E-state index contributed by atoms with van der Waals surface area (Å²) in [7, 11) is 0. The number of aromatic nitrogens is 2. The van der Waals surface area contributed by atoms with Crippen LogP contribution < -0.4 is 5.32 Å². The Morgan fingerprint density at radius 3 is 2.72 bits per heavy atom. The van der Waals surface area contributed by atoms with Crippen molar-refractivity contribution in [2.24, 2.45) is 0 Å². The lowest BCUT2D eigenvalue weighted by Gasteiger charge is -2.08. The lowest BCUT2D eigenvalue weighted by Crippen LogP contribution is -2.15. The minimum atomic E-state index is -0.453. The molecule has 1 amide bonds. The number of carbonyl (C=O) groups excluding carboxylic acids is 1. The second-order valence-electron chi connectivity index (χ2n) is 5.48. The van der Waals surface area contributed by atoms with Gasteiger partial charge in [-0.05, 0) is 36.9 Å². The normalized spacial score (nSPS) is 10.6. The molecule has 1 N–H and O–H groups in total. The first-order valence-electron chi connectivity index (χ1n) is 7.66. The summed E-state index contributed by atoms with van der Waals surface area (Å²) in [5.41, 5.74) is 1.40. The van der Waals surface area contributed by atoms with Gasteiger partial charge >= 0.3 is 0 Å². The summed E-state index contributed by atoms with van der Waals surface area (Å²) in [4.78, 5) is 23.7. The number of rotatable bonds is 6. The van der Waals surface area contributed by atoms with Crippen LogP contribution in [-0.4, -0.2) is 20.6 Å². The fourth-order valence-corrected chi connectivity index (χ4v) is 3.11. The quantitative estimate of drug-likeness (QED) is 0.538. The largest absolute Gasteiger partial charge is 0.311 e. The van der Waals surface area contributed by atoms with Crippen LogP contribution in [0.25, 0.3) is 5.69 Å². The second-order valence-corrected chi connectivity index (χ2v) is 6.52. The highest BCUT2D eigenvalue weighted by molar-refractivity contribution is 7.09. The van der Waals surface area contributed by atoms with Crippen LogP contribution in [0.4, 0.5) is 11.5 Å². The molecule has 3 rings (SSSR count). The number of thiophene rings is 1. The summed E-state index contributed by atoms with van der Waals surface area (Å²) in [6, 6.07) is 11.8. The molecule has 128 valence electrons. The van der Waals surface area contributed by atoms with Gasteiger partial charge < -0.3 is 5.32 Å². The van der Waals surface area contributed by atoms with E-state index in [0.717, 1.165) is 10.6 Å². The van der Waals surface area contributed by atoms with E-state index in [2.05, 4.69) is 10.4 Å². The number of hydrogen-bond donors (Lipinski definition) is 1. The van der Waals surface area contributed by atoms with Crippen molar-refractivity contribution in [3.05, 3.63) is 68.5 Å². The first-order chi connectivity index (χ1) is 12.0. The molecule has 0 spiro atoms. The van der Waals surface area contributed by atoms with E-state index >= 15 is 0 Å². The van der Waals surface area contributed by atoms with E-state index in [4.69, 9.17) is 0 Å². The fraction of sp³-hybridized carbons (Fsp3) is 0.176. The third kappa shape index (κ3) is 4.10. The van der Waals surface area contributed by atoms with Crippen LogP contribution in [0.3, 0.4) is 0 Å². The molecule has 0 unspecified atom stereocenters. The molecule has 0 aliphatic heterocycles. The molecule has 7 nitrogen and oxygen atoms in total. The summed E-state index contributed by atoms with van der Waals surface area (Å²) in [6.45, 7) is 1.82. The number of hydrogen-bond acceptors (Lipinski definition) is 5. The van der Waals surface area contributed by atoms with Gasteiger partial charge in [-0.25, -0.2) is 4.68 Å². The SMILES string of the molecule is Cc1cc(NC(=O)CCc2cccs2)n(-c2ccc([N+](=O)[O-])cc2)n1. The van der Waals surface area contributed by atoms with Gasteiger partial charge in [0.25, 0.3) is 5.69 Å². The first-order valence-corrected chi connectivity index (χ1v) is 8.54. The topological polar surface area (TPSA) is 90.1 Å². The fourth-order valence-electron chi connectivity index (χ4n) is 2.40. The molecule has 1 aromatic carbocycles. The van der Waals surface area contributed by atoms with Crippen molar-refractivity contribution in [2.45, 2.75) is 19.8 Å². The predicted octanol–water partition coefficient (Wildman–Crippen LogP) is 3.72. The summed E-state index contributed by atoms with van der Waals surface area (Å²) in [5.74, 6) is 0.444. The van der Waals surface area contributed by atoms with E-state index in [9.17, 15) is 14.9 Å².